The molecule has 1 aliphatic carbocycles. The Morgan fingerprint density at radius 2 is 2.30 bits per heavy atom. The lowest BCUT2D eigenvalue weighted by atomic mass is 9.79. The number of hydrogen-bond acceptors (Lipinski definition) is 3. The van der Waals surface area contributed by atoms with Crippen LogP contribution in [0.1, 0.15) is 38.2 Å². The molecule has 1 saturated carbocycles. The first-order chi connectivity index (χ1) is 9.52. The highest BCUT2D eigenvalue weighted by Crippen LogP contribution is 2.31. The molecule has 1 aromatic carbocycles. The normalized spacial score (nSPS) is 26.5. The van der Waals surface area contributed by atoms with Gasteiger partial charge in [0.15, 0.2) is 0 Å². The van der Waals surface area contributed by atoms with E-state index in [1.807, 2.05) is 12.1 Å². The summed E-state index contributed by atoms with van der Waals surface area (Å²) < 4.78 is 6.18. The molecule has 0 bridgehead atoms. The summed E-state index contributed by atoms with van der Waals surface area (Å²) in [5.41, 5.74) is 0.659. The van der Waals surface area contributed by atoms with Crippen LogP contribution in [0.15, 0.2) is 22.7 Å². The molecule has 0 spiro atoms. The fraction of sp³-hybridized carbons (Fsp3) is 0.625. The first-order valence-electron chi connectivity index (χ1n) is 7.28. The zero-order chi connectivity index (χ0) is 14.6. The number of halogens is 1. The Hall–Kier alpha value is -0.580. The van der Waals surface area contributed by atoms with Gasteiger partial charge in [-0.1, -0.05) is 25.8 Å². The first-order valence-corrected chi connectivity index (χ1v) is 8.07. The molecule has 2 atom stereocenters. The van der Waals surface area contributed by atoms with Gasteiger partial charge in [0.1, 0.15) is 5.75 Å². The first kappa shape index (κ1) is 15.8. The van der Waals surface area contributed by atoms with E-state index in [1.165, 1.54) is 12.0 Å². The zero-order valence-electron chi connectivity index (χ0n) is 12.3. The second-order valence-corrected chi connectivity index (χ2v) is 6.85. The molecule has 20 heavy (non-hydrogen) atoms. The quantitative estimate of drug-likeness (QED) is 0.861. The molecule has 2 rings (SSSR count). The molecule has 1 aliphatic rings. The highest BCUT2D eigenvalue weighted by atomic mass is 79.9. The largest absolute Gasteiger partial charge is 0.496 e. The number of ether oxygens (including phenoxy) is 1. The molecule has 0 amide bonds. The monoisotopic (exact) mass is 341 g/mol. The van der Waals surface area contributed by atoms with Crippen LogP contribution in [0.25, 0.3) is 0 Å². The number of aliphatic hydroxyl groups is 1. The lowest BCUT2D eigenvalue weighted by molar-refractivity contribution is -0.0119. The molecule has 1 aromatic rings. The van der Waals surface area contributed by atoms with Crippen LogP contribution in [0.3, 0.4) is 0 Å². The zero-order valence-corrected chi connectivity index (χ0v) is 13.9. The van der Waals surface area contributed by atoms with Gasteiger partial charge in [0.25, 0.3) is 0 Å². The van der Waals surface area contributed by atoms with Crippen molar-refractivity contribution >= 4 is 15.9 Å². The fourth-order valence-electron chi connectivity index (χ4n) is 3.05. The molecule has 2 N–H and O–H groups in total. The van der Waals surface area contributed by atoms with E-state index in [0.717, 1.165) is 36.0 Å². The van der Waals surface area contributed by atoms with Gasteiger partial charge in [0, 0.05) is 13.1 Å². The average molecular weight is 342 g/mol. The fourth-order valence-corrected chi connectivity index (χ4v) is 3.64. The Labute approximate surface area is 129 Å². The Morgan fingerprint density at radius 1 is 1.50 bits per heavy atom. The van der Waals surface area contributed by atoms with Crippen molar-refractivity contribution in [1.29, 1.82) is 0 Å². The predicted octanol–water partition coefficient (Wildman–Crippen LogP) is 3.49. The van der Waals surface area contributed by atoms with Crippen molar-refractivity contribution in [3.8, 4) is 5.75 Å². The van der Waals surface area contributed by atoms with E-state index < -0.39 is 5.60 Å². The lowest BCUT2D eigenvalue weighted by Gasteiger charge is -2.35. The van der Waals surface area contributed by atoms with Crippen LogP contribution in [-0.4, -0.2) is 24.4 Å². The van der Waals surface area contributed by atoms with Gasteiger partial charge in [0.2, 0.25) is 0 Å². The van der Waals surface area contributed by atoms with Crippen molar-refractivity contribution in [2.45, 2.75) is 44.8 Å². The third kappa shape index (κ3) is 4.21. The van der Waals surface area contributed by atoms with Crippen molar-refractivity contribution in [2.24, 2.45) is 5.92 Å². The molecule has 0 saturated heterocycles. The van der Waals surface area contributed by atoms with E-state index in [-0.39, 0.29) is 0 Å². The molecule has 0 radical (unpaired) electrons. The minimum Gasteiger partial charge on any atom is -0.496 e. The van der Waals surface area contributed by atoms with Gasteiger partial charge in [-0.25, -0.2) is 0 Å². The van der Waals surface area contributed by atoms with Crippen molar-refractivity contribution in [3.63, 3.8) is 0 Å². The Balaban J connectivity index is 1.85. The summed E-state index contributed by atoms with van der Waals surface area (Å²) in [6.07, 6.45) is 4.20. The van der Waals surface area contributed by atoms with Gasteiger partial charge in [-0.15, -0.1) is 0 Å². The van der Waals surface area contributed by atoms with Crippen LogP contribution in [0.2, 0.25) is 0 Å². The second-order valence-electron chi connectivity index (χ2n) is 6.00. The smallest absolute Gasteiger partial charge is 0.133 e. The summed E-state index contributed by atoms with van der Waals surface area (Å²) >= 11 is 3.49. The average Bonchev–Trinajstić information content (AvgIpc) is 2.38. The standard InChI is InChI=1S/C16H24BrNO2/c1-12-4-3-7-16(19,9-12)11-18-10-13-5-6-15(20-2)14(17)8-13/h5-6,8,12,18-19H,3-4,7,9-11H2,1-2H3. The summed E-state index contributed by atoms with van der Waals surface area (Å²) in [6, 6.07) is 6.06. The summed E-state index contributed by atoms with van der Waals surface area (Å²) in [4.78, 5) is 0. The summed E-state index contributed by atoms with van der Waals surface area (Å²) in [5.74, 6) is 1.47. The van der Waals surface area contributed by atoms with Crippen molar-refractivity contribution < 1.29 is 9.84 Å². The highest BCUT2D eigenvalue weighted by molar-refractivity contribution is 9.10. The van der Waals surface area contributed by atoms with Crippen molar-refractivity contribution in [3.05, 3.63) is 28.2 Å². The van der Waals surface area contributed by atoms with Crippen LogP contribution in [0.4, 0.5) is 0 Å². The van der Waals surface area contributed by atoms with Crippen LogP contribution in [0.5, 0.6) is 5.75 Å². The molecule has 2 unspecified atom stereocenters. The maximum Gasteiger partial charge on any atom is 0.133 e. The maximum atomic E-state index is 10.6. The number of nitrogens with one attached hydrogen (secondary N) is 1. The van der Waals surface area contributed by atoms with Gasteiger partial charge >= 0.3 is 0 Å². The van der Waals surface area contributed by atoms with Crippen molar-refractivity contribution in [1.82, 2.24) is 5.32 Å². The molecule has 1 fully saturated rings. The van der Waals surface area contributed by atoms with Gasteiger partial charge in [-0.2, -0.15) is 0 Å². The van der Waals surface area contributed by atoms with E-state index in [0.29, 0.717) is 12.5 Å². The summed E-state index contributed by atoms with van der Waals surface area (Å²) in [5, 5.41) is 14.0. The minimum absolute atomic E-state index is 0.526. The number of benzene rings is 1. The molecular weight excluding hydrogens is 318 g/mol. The SMILES string of the molecule is COc1ccc(CNCC2(O)CCCC(C)C2)cc1Br. The van der Waals surface area contributed by atoms with E-state index in [9.17, 15) is 5.11 Å². The number of methoxy groups -OCH3 is 1. The minimum atomic E-state index is -0.526. The van der Waals surface area contributed by atoms with Gasteiger partial charge in [-0.05, 0) is 52.4 Å². The molecule has 0 aliphatic heterocycles. The van der Waals surface area contributed by atoms with Crippen LogP contribution < -0.4 is 10.1 Å². The molecule has 0 aromatic heterocycles. The maximum absolute atomic E-state index is 10.6. The third-order valence-electron chi connectivity index (χ3n) is 4.07. The van der Waals surface area contributed by atoms with E-state index in [2.05, 4.69) is 34.2 Å². The van der Waals surface area contributed by atoms with E-state index in [4.69, 9.17) is 4.74 Å². The van der Waals surface area contributed by atoms with E-state index >= 15 is 0 Å². The molecular formula is C16H24BrNO2. The van der Waals surface area contributed by atoms with Crippen molar-refractivity contribution in [2.75, 3.05) is 13.7 Å². The lowest BCUT2D eigenvalue weighted by Crippen LogP contribution is -2.43. The number of rotatable bonds is 5. The Kier molecular flexibility index (Phi) is 5.47. The molecule has 112 valence electrons. The Bertz CT molecular complexity index is 452. The second kappa shape index (κ2) is 6.92. The van der Waals surface area contributed by atoms with Gasteiger partial charge in [-0.3, -0.25) is 0 Å². The van der Waals surface area contributed by atoms with E-state index in [1.54, 1.807) is 7.11 Å². The molecule has 0 heterocycles. The molecule has 3 nitrogen and oxygen atoms in total. The molecule has 4 heteroatoms. The topological polar surface area (TPSA) is 41.5 Å². The van der Waals surface area contributed by atoms with Gasteiger partial charge < -0.3 is 15.2 Å². The van der Waals surface area contributed by atoms with Crippen LogP contribution in [0, 0.1) is 5.92 Å². The van der Waals surface area contributed by atoms with Crippen LogP contribution in [-0.2, 0) is 6.54 Å². The predicted molar refractivity (Wildman–Crippen MR) is 85.0 cm³/mol. The summed E-state index contributed by atoms with van der Waals surface area (Å²) in [7, 11) is 1.66. The summed E-state index contributed by atoms with van der Waals surface area (Å²) in [6.45, 7) is 3.66. The Morgan fingerprint density at radius 3 is 2.95 bits per heavy atom. The third-order valence-corrected chi connectivity index (χ3v) is 4.69. The van der Waals surface area contributed by atoms with Crippen LogP contribution >= 0.6 is 15.9 Å². The highest BCUT2D eigenvalue weighted by Gasteiger charge is 2.31. The van der Waals surface area contributed by atoms with Gasteiger partial charge in [0.05, 0.1) is 17.2 Å². The number of hydrogen-bond donors (Lipinski definition) is 2.